The van der Waals surface area contributed by atoms with Crippen molar-refractivity contribution in [1.29, 1.82) is 0 Å². The van der Waals surface area contributed by atoms with Gasteiger partial charge in [0.2, 0.25) is 6.23 Å². The maximum absolute atomic E-state index is 6.36. The van der Waals surface area contributed by atoms with Crippen molar-refractivity contribution in [3.8, 4) is 11.5 Å². The first-order valence-electron chi connectivity index (χ1n) is 9.09. The SMILES string of the molecule is COc1ccc(C2=NN3[C@H](C2)c2cc(Br)ccc2O[C@H]3c2ccncc2)cc1. The van der Waals surface area contributed by atoms with E-state index in [4.69, 9.17) is 14.6 Å². The summed E-state index contributed by atoms with van der Waals surface area (Å²) in [6, 6.07) is 18.3. The summed E-state index contributed by atoms with van der Waals surface area (Å²) >= 11 is 3.59. The molecule has 0 saturated carbocycles. The number of rotatable bonds is 3. The summed E-state index contributed by atoms with van der Waals surface area (Å²) in [5.74, 6) is 1.74. The number of hydrogen-bond acceptors (Lipinski definition) is 5. The minimum Gasteiger partial charge on any atom is -0.497 e. The van der Waals surface area contributed by atoms with Crippen molar-refractivity contribution in [1.82, 2.24) is 9.99 Å². The smallest absolute Gasteiger partial charge is 0.213 e. The Hall–Kier alpha value is -2.86. The number of ether oxygens (including phenoxy) is 2. The van der Waals surface area contributed by atoms with E-state index in [0.717, 1.165) is 44.8 Å². The molecule has 3 aromatic rings. The van der Waals surface area contributed by atoms with Crippen LogP contribution in [0.4, 0.5) is 0 Å². The van der Waals surface area contributed by atoms with E-state index in [1.54, 1.807) is 19.5 Å². The first kappa shape index (κ1) is 17.3. The molecule has 2 aliphatic rings. The zero-order valence-corrected chi connectivity index (χ0v) is 16.8. The van der Waals surface area contributed by atoms with Crippen LogP contribution in [0.15, 0.2) is 76.6 Å². The summed E-state index contributed by atoms with van der Waals surface area (Å²) < 4.78 is 12.7. The maximum Gasteiger partial charge on any atom is 0.213 e. The molecule has 0 N–H and O–H groups in total. The van der Waals surface area contributed by atoms with Crippen molar-refractivity contribution in [3.63, 3.8) is 0 Å². The molecular formula is C22H18BrN3O2. The Bertz CT molecular complexity index is 1040. The van der Waals surface area contributed by atoms with Crippen molar-refractivity contribution in [2.45, 2.75) is 18.7 Å². The normalized spacial score (nSPS) is 20.1. The Morgan fingerprint density at radius 3 is 2.61 bits per heavy atom. The van der Waals surface area contributed by atoms with Crippen LogP contribution in [0.5, 0.6) is 11.5 Å². The lowest BCUT2D eigenvalue weighted by Gasteiger charge is -2.38. The molecule has 0 radical (unpaired) electrons. The average Bonchev–Trinajstić information content (AvgIpc) is 3.20. The highest BCUT2D eigenvalue weighted by atomic mass is 79.9. The van der Waals surface area contributed by atoms with Gasteiger partial charge in [0.25, 0.3) is 0 Å². The molecule has 0 bridgehead atoms. The second-order valence-corrected chi connectivity index (χ2v) is 7.72. The number of fused-ring (bicyclic) bond motifs is 3. The van der Waals surface area contributed by atoms with Gasteiger partial charge in [-0.05, 0) is 60.2 Å². The second kappa shape index (κ2) is 6.95. The highest BCUT2D eigenvalue weighted by Crippen LogP contribution is 2.48. The van der Waals surface area contributed by atoms with Gasteiger partial charge in [-0.1, -0.05) is 15.9 Å². The van der Waals surface area contributed by atoms with E-state index in [0.29, 0.717) is 0 Å². The van der Waals surface area contributed by atoms with Gasteiger partial charge in [0.15, 0.2) is 0 Å². The molecular weight excluding hydrogens is 418 g/mol. The minimum absolute atomic E-state index is 0.122. The van der Waals surface area contributed by atoms with Crippen LogP contribution in [0.3, 0.4) is 0 Å². The number of benzene rings is 2. The first-order valence-corrected chi connectivity index (χ1v) is 9.88. The number of halogens is 1. The van der Waals surface area contributed by atoms with E-state index in [9.17, 15) is 0 Å². The molecule has 5 nitrogen and oxygen atoms in total. The molecule has 0 aliphatic carbocycles. The molecule has 2 atom stereocenters. The summed E-state index contributed by atoms with van der Waals surface area (Å²) in [6.07, 6.45) is 4.11. The molecule has 0 spiro atoms. The molecule has 0 fully saturated rings. The third kappa shape index (κ3) is 2.94. The van der Waals surface area contributed by atoms with E-state index in [-0.39, 0.29) is 12.3 Å². The van der Waals surface area contributed by atoms with Crippen molar-refractivity contribution < 1.29 is 9.47 Å². The van der Waals surface area contributed by atoms with Gasteiger partial charge >= 0.3 is 0 Å². The summed E-state index contributed by atoms with van der Waals surface area (Å²) in [5.41, 5.74) is 4.32. The Morgan fingerprint density at radius 1 is 1.07 bits per heavy atom. The van der Waals surface area contributed by atoms with Crippen LogP contribution in [-0.2, 0) is 0 Å². The summed E-state index contributed by atoms with van der Waals surface area (Å²) in [5, 5.41) is 7.04. The van der Waals surface area contributed by atoms with Crippen LogP contribution in [0.1, 0.15) is 35.4 Å². The predicted octanol–water partition coefficient (Wildman–Crippen LogP) is 5.10. The van der Waals surface area contributed by atoms with Crippen LogP contribution in [0.2, 0.25) is 0 Å². The van der Waals surface area contributed by atoms with Crippen molar-refractivity contribution >= 4 is 21.6 Å². The predicted molar refractivity (Wildman–Crippen MR) is 110 cm³/mol. The lowest BCUT2D eigenvalue weighted by Crippen LogP contribution is -2.33. The quantitative estimate of drug-likeness (QED) is 0.574. The van der Waals surface area contributed by atoms with Crippen LogP contribution < -0.4 is 9.47 Å². The Balaban J connectivity index is 1.57. The number of hydrazone groups is 1. The lowest BCUT2D eigenvalue weighted by molar-refractivity contribution is -0.0191. The van der Waals surface area contributed by atoms with Gasteiger partial charge in [0, 0.05) is 34.4 Å². The van der Waals surface area contributed by atoms with Crippen LogP contribution >= 0.6 is 15.9 Å². The van der Waals surface area contributed by atoms with Crippen LogP contribution in [0.25, 0.3) is 0 Å². The zero-order valence-electron chi connectivity index (χ0n) is 15.2. The zero-order chi connectivity index (χ0) is 19.1. The Kier molecular flexibility index (Phi) is 4.28. The third-order valence-electron chi connectivity index (χ3n) is 5.17. The lowest BCUT2D eigenvalue weighted by atomic mass is 9.96. The summed E-state index contributed by atoms with van der Waals surface area (Å²) in [4.78, 5) is 4.13. The third-order valence-corrected chi connectivity index (χ3v) is 5.66. The van der Waals surface area contributed by atoms with Gasteiger partial charge < -0.3 is 9.47 Å². The fraction of sp³-hybridized carbons (Fsp3) is 0.182. The fourth-order valence-corrected chi connectivity index (χ4v) is 4.14. The molecule has 5 rings (SSSR count). The number of aromatic nitrogens is 1. The summed E-state index contributed by atoms with van der Waals surface area (Å²) in [7, 11) is 1.67. The standard InChI is InChI=1S/C22H18BrN3O2/c1-27-17-5-2-14(3-6-17)19-13-20-18-12-16(23)4-7-21(18)28-22(26(20)25-19)15-8-10-24-11-9-15/h2-12,20,22H,13H2,1H3/t20-,22+/m1/s1. The Labute approximate surface area is 171 Å². The number of hydrogen-bond donors (Lipinski definition) is 0. The topological polar surface area (TPSA) is 47.0 Å². The fourth-order valence-electron chi connectivity index (χ4n) is 3.76. The monoisotopic (exact) mass is 435 g/mol. The van der Waals surface area contributed by atoms with Gasteiger partial charge in [0.05, 0.1) is 18.9 Å². The van der Waals surface area contributed by atoms with Crippen molar-refractivity contribution in [2.75, 3.05) is 7.11 Å². The van der Waals surface area contributed by atoms with Gasteiger partial charge in [-0.2, -0.15) is 5.10 Å². The Morgan fingerprint density at radius 2 is 1.86 bits per heavy atom. The van der Waals surface area contributed by atoms with E-state index in [1.807, 2.05) is 36.4 Å². The molecule has 3 heterocycles. The largest absolute Gasteiger partial charge is 0.497 e. The first-order chi connectivity index (χ1) is 13.7. The summed E-state index contributed by atoms with van der Waals surface area (Å²) in [6.45, 7) is 0. The van der Waals surface area contributed by atoms with E-state index < -0.39 is 0 Å². The molecule has 6 heteroatoms. The maximum atomic E-state index is 6.36. The van der Waals surface area contributed by atoms with Gasteiger partial charge in [0.1, 0.15) is 11.5 Å². The molecule has 0 saturated heterocycles. The number of nitrogens with zero attached hydrogens (tertiary/aromatic N) is 3. The van der Waals surface area contributed by atoms with Crippen LogP contribution in [-0.4, -0.2) is 22.8 Å². The van der Waals surface area contributed by atoms with E-state index in [1.165, 1.54) is 0 Å². The molecule has 0 amide bonds. The van der Waals surface area contributed by atoms with Crippen LogP contribution in [0, 0.1) is 0 Å². The molecule has 0 unspecified atom stereocenters. The highest BCUT2D eigenvalue weighted by Gasteiger charge is 2.41. The van der Waals surface area contributed by atoms with E-state index >= 15 is 0 Å². The molecule has 2 aromatic carbocycles. The average molecular weight is 436 g/mol. The number of methoxy groups -OCH3 is 1. The molecule has 28 heavy (non-hydrogen) atoms. The second-order valence-electron chi connectivity index (χ2n) is 6.81. The minimum atomic E-state index is -0.280. The molecule has 2 aliphatic heterocycles. The van der Waals surface area contributed by atoms with Gasteiger partial charge in [-0.25, -0.2) is 5.01 Å². The number of pyridine rings is 1. The van der Waals surface area contributed by atoms with Crippen molar-refractivity contribution in [2.24, 2.45) is 5.10 Å². The highest BCUT2D eigenvalue weighted by molar-refractivity contribution is 9.10. The van der Waals surface area contributed by atoms with E-state index in [2.05, 4.69) is 44.1 Å². The van der Waals surface area contributed by atoms with Crippen molar-refractivity contribution in [3.05, 3.63) is 88.2 Å². The van der Waals surface area contributed by atoms with Gasteiger partial charge in [-0.15, -0.1) is 0 Å². The molecule has 1 aromatic heterocycles. The molecule has 140 valence electrons. The van der Waals surface area contributed by atoms with Gasteiger partial charge in [-0.3, -0.25) is 4.98 Å².